The van der Waals surface area contributed by atoms with Crippen LogP contribution < -0.4 is 9.64 Å². The molecular formula is C17H18N2O2. The van der Waals surface area contributed by atoms with Gasteiger partial charge in [-0.05, 0) is 49.1 Å². The highest BCUT2D eigenvalue weighted by Crippen LogP contribution is 2.38. The van der Waals surface area contributed by atoms with Crippen molar-refractivity contribution in [2.24, 2.45) is 0 Å². The van der Waals surface area contributed by atoms with Gasteiger partial charge in [0.2, 0.25) is 0 Å². The average molecular weight is 282 g/mol. The predicted octanol–water partition coefficient (Wildman–Crippen LogP) is 2.99. The van der Waals surface area contributed by atoms with Gasteiger partial charge in [0, 0.05) is 24.5 Å². The standard InChI is InChI=1S/C17H18N2O2/c1-12-5-6-15(21-2)16-14(12)4-3-11-19(16)17(20)13-7-9-18-10-8-13/h5-10H,3-4,11H2,1-2H3. The van der Waals surface area contributed by atoms with Crippen LogP contribution in [0.2, 0.25) is 0 Å². The molecule has 1 aliphatic rings. The Labute approximate surface area is 124 Å². The Morgan fingerprint density at radius 3 is 2.71 bits per heavy atom. The molecule has 2 aromatic rings. The number of benzene rings is 1. The normalized spacial score (nSPS) is 13.7. The number of anilines is 1. The van der Waals surface area contributed by atoms with E-state index in [0.717, 1.165) is 24.3 Å². The van der Waals surface area contributed by atoms with Gasteiger partial charge in [-0.25, -0.2) is 0 Å². The van der Waals surface area contributed by atoms with E-state index < -0.39 is 0 Å². The molecule has 0 saturated heterocycles. The van der Waals surface area contributed by atoms with Crippen LogP contribution in [0.1, 0.15) is 27.9 Å². The Morgan fingerprint density at radius 1 is 1.24 bits per heavy atom. The van der Waals surface area contributed by atoms with Crippen LogP contribution in [0.3, 0.4) is 0 Å². The van der Waals surface area contributed by atoms with Crippen molar-refractivity contribution in [1.82, 2.24) is 4.98 Å². The Kier molecular flexibility index (Phi) is 3.60. The van der Waals surface area contributed by atoms with Gasteiger partial charge in [0.05, 0.1) is 12.8 Å². The number of rotatable bonds is 2. The molecule has 4 heteroatoms. The third-order valence-electron chi connectivity index (χ3n) is 3.95. The number of nitrogens with zero attached hydrogens (tertiary/aromatic N) is 2. The number of carbonyl (C=O) groups is 1. The van der Waals surface area contributed by atoms with Gasteiger partial charge in [0.1, 0.15) is 5.75 Å². The maximum Gasteiger partial charge on any atom is 0.258 e. The van der Waals surface area contributed by atoms with Crippen molar-refractivity contribution in [3.8, 4) is 5.75 Å². The Morgan fingerprint density at radius 2 is 2.00 bits per heavy atom. The van der Waals surface area contributed by atoms with Crippen LogP contribution in [-0.4, -0.2) is 24.5 Å². The summed E-state index contributed by atoms with van der Waals surface area (Å²) < 4.78 is 5.48. The van der Waals surface area contributed by atoms with Crippen LogP contribution in [0.4, 0.5) is 5.69 Å². The first-order valence-corrected chi connectivity index (χ1v) is 7.10. The summed E-state index contributed by atoms with van der Waals surface area (Å²) in [6, 6.07) is 7.49. The number of pyridine rings is 1. The first-order chi connectivity index (χ1) is 10.2. The third kappa shape index (κ3) is 2.37. The van der Waals surface area contributed by atoms with Crippen LogP contribution in [0, 0.1) is 6.92 Å². The van der Waals surface area contributed by atoms with E-state index in [1.54, 1.807) is 31.6 Å². The molecule has 0 unspecified atom stereocenters. The van der Waals surface area contributed by atoms with Gasteiger partial charge in [-0.1, -0.05) is 6.07 Å². The number of fused-ring (bicyclic) bond motifs is 1. The van der Waals surface area contributed by atoms with Crippen LogP contribution in [0.15, 0.2) is 36.7 Å². The number of methoxy groups -OCH3 is 1. The molecule has 0 saturated carbocycles. The summed E-state index contributed by atoms with van der Waals surface area (Å²) in [5.74, 6) is 0.764. The van der Waals surface area contributed by atoms with Gasteiger partial charge in [-0.3, -0.25) is 9.78 Å². The highest BCUT2D eigenvalue weighted by Gasteiger charge is 2.27. The maximum atomic E-state index is 12.8. The molecule has 2 heterocycles. The molecule has 0 radical (unpaired) electrons. The minimum absolute atomic E-state index is 0.00208. The molecule has 0 fully saturated rings. The molecule has 1 amide bonds. The summed E-state index contributed by atoms with van der Waals surface area (Å²) in [4.78, 5) is 18.6. The molecule has 1 aromatic carbocycles. The molecule has 1 aliphatic heterocycles. The summed E-state index contributed by atoms with van der Waals surface area (Å²) in [6.07, 6.45) is 5.24. The fourth-order valence-electron chi connectivity index (χ4n) is 2.87. The van der Waals surface area contributed by atoms with Gasteiger partial charge in [0.15, 0.2) is 0 Å². The van der Waals surface area contributed by atoms with E-state index in [-0.39, 0.29) is 5.91 Å². The summed E-state index contributed by atoms with van der Waals surface area (Å²) >= 11 is 0. The predicted molar refractivity (Wildman–Crippen MR) is 82.0 cm³/mol. The van der Waals surface area contributed by atoms with E-state index in [0.29, 0.717) is 12.1 Å². The molecule has 4 nitrogen and oxygen atoms in total. The molecule has 0 N–H and O–H groups in total. The maximum absolute atomic E-state index is 12.8. The number of carbonyl (C=O) groups excluding carboxylic acids is 1. The highest BCUT2D eigenvalue weighted by atomic mass is 16.5. The molecule has 0 bridgehead atoms. The zero-order valence-electron chi connectivity index (χ0n) is 12.3. The largest absolute Gasteiger partial charge is 0.495 e. The lowest BCUT2D eigenvalue weighted by atomic mass is 9.95. The van der Waals surface area contributed by atoms with Crippen molar-refractivity contribution >= 4 is 11.6 Å². The minimum atomic E-state index is 0.00208. The van der Waals surface area contributed by atoms with E-state index in [1.165, 1.54) is 11.1 Å². The van der Waals surface area contributed by atoms with E-state index >= 15 is 0 Å². The number of aromatic nitrogens is 1. The van der Waals surface area contributed by atoms with Gasteiger partial charge in [-0.2, -0.15) is 0 Å². The average Bonchev–Trinajstić information content (AvgIpc) is 2.55. The monoisotopic (exact) mass is 282 g/mol. The molecule has 21 heavy (non-hydrogen) atoms. The van der Waals surface area contributed by atoms with Crippen molar-refractivity contribution in [3.05, 3.63) is 53.3 Å². The summed E-state index contributed by atoms with van der Waals surface area (Å²) in [5, 5.41) is 0. The lowest BCUT2D eigenvalue weighted by Crippen LogP contribution is -2.36. The van der Waals surface area contributed by atoms with Gasteiger partial charge in [0.25, 0.3) is 5.91 Å². The van der Waals surface area contributed by atoms with Crippen LogP contribution in [0.5, 0.6) is 5.75 Å². The zero-order chi connectivity index (χ0) is 14.8. The first-order valence-electron chi connectivity index (χ1n) is 7.10. The second-order valence-electron chi connectivity index (χ2n) is 5.21. The first kappa shape index (κ1) is 13.6. The summed E-state index contributed by atoms with van der Waals surface area (Å²) in [5.41, 5.74) is 3.99. The van der Waals surface area contributed by atoms with Crippen molar-refractivity contribution < 1.29 is 9.53 Å². The van der Waals surface area contributed by atoms with Crippen molar-refractivity contribution in [3.63, 3.8) is 0 Å². The lowest BCUT2D eigenvalue weighted by molar-refractivity contribution is 0.0984. The Balaban J connectivity index is 2.08. The molecule has 3 rings (SSSR count). The number of hydrogen-bond donors (Lipinski definition) is 0. The topological polar surface area (TPSA) is 42.4 Å². The molecule has 108 valence electrons. The van der Waals surface area contributed by atoms with Crippen molar-refractivity contribution in [2.45, 2.75) is 19.8 Å². The number of ether oxygens (including phenoxy) is 1. The molecule has 0 spiro atoms. The quantitative estimate of drug-likeness (QED) is 0.850. The highest BCUT2D eigenvalue weighted by molar-refractivity contribution is 6.07. The van der Waals surface area contributed by atoms with Crippen molar-refractivity contribution in [1.29, 1.82) is 0 Å². The second kappa shape index (κ2) is 5.56. The van der Waals surface area contributed by atoms with Crippen LogP contribution in [0.25, 0.3) is 0 Å². The Hall–Kier alpha value is -2.36. The molecule has 1 aromatic heterocycles. The SMILES string of the molecule is COc1ccc(C)c2c1N(C(=O)c1ccncc1)CCC2. The molecular weight excluding hydrogens is 264 g/mol. The number of amides is 1. The van der Waals surface area contributed by atoms with Gasteiger partial charge < -0.3 is 9.64 Å². The molecule has 0 atom stereocenters. The fraction of sp³-hybridized carbons (Fsp3) is 0.294. The summed E-state index contributed by atoms with van der Waals surface area (Å²) in [6.45, 7) is 2.80. The second-order valence-corrected chi connectivity index (χ2v) is 5.21. The van der Waals surface area contributed by atoms with Gasteiger partial charge >= 0.3 is 0 Å². The van der Waals surface area contributed by atoms with Crippen LogP contribution in [-0.2, 0) is 6.42 Å². The minimum Gasteiger partial charge on any atom is -0.495 e. The number of hydrogen-bond acceptors (Lipinski definition) is 3. The zero-order valence-corrected chi connectivity index (χ0v) is 12.3. The number of aryl methyl sites for hydroxylation is 1. The Bertz CT molecular complexity index is 668. The van der Waals surface area contributed by atoms with Gasteiger partial charge in [-0.15, -0.1) is 0 Å². The van der Waals surface area contributed by atoms with Crippen molar-refractivity contribution in [2.75, 3.05) is 18.6 Å². The lowest BCUT2D eigenvalue weighted by Gasteiger charge is -2.32. The van der Waals surface area contributed by atoms with E-state index in [9.17, 15) is 4.79 Å². The summed E-state index contributed by atoms with van der Waals surface area (Å²) in [7, 11) is 1.65. The smallest absolute Gasteiger partial charge is 0.258 e. The third-order valence-corrected chi connectivity index (χ3v) is 3.95. The molecule has 0 aliphatic carbocycles. The van der Waals surface area contributed by atoms with E-state index in [1.807, 2.05) is 11.0 Å². The fourth-order valence-corrected chi connectivity index (χ4v) is 2.87. The van der Waals surface area contributed by atoms with E-state index in [2.05, 4.69) is 18.0 Å². The van der Waals surface area contributed by atoms with Crippen LogP contribution >= 0.6 is 0 Å². The van der Waals surface area contributed by atoms with E-state index in [4.69, 9.17) is 4.74 Å².